The topological polar surface area (TPSA) is 258 Å². The van der Waals surface area contributed by atoms with Crippen molar-refractivity contribution in [2.75, 3.05) is 62.5 Å². The van der Waals surface area contributed by atoms with Gasteiger partial charge in [-0.3, -0.25) is 38.6 Å². The van der Waals surface area contributed by atoms with E-state index in [-0.39, 0.29) is 105 Å². The number of nitrogens with one attached hydrogen (secondary N) is 4. The molecule has 2 aromatic carbocycles. The minimum Gasteiger partial charge on any atom is -0.495 e. The van der Waals surface area contributed by atoms with Gasteiger partial charge in [-0.25, -0.2) is 14.8 Å². The molecule has 7 amide bonds. The molecule has 2 fully saturated rings. The summed E-state index contributed by atoms with van der Waals surface area (Å²) < 4.78 is 18.6. The fourth-order valence-corrected chi connectivity index (χ4v) is 9.10. The lowest BCUT2D eigenvalue weighted by Gasteiger charge is -2.29. The Morgan fingerprint density at radius 2 is 1.77 bits per heavy atom. The summed E-state index contributed by atoms with van der Waals surface area (Å²) in [6.07, 6.45) is 9.89. The zero-order valence-corrected chi connectivity index (χ0v) is 40.5. The van der Waals surface area contributed by atoms with Crippen LogP contribution in [0, 0.1) is 0 Å². The molecule has 2 bridgehead atoms. The van der Waals surface area contributed by atoms with Gasteiger partial charge in [0.05, 0.1) is 50.7 Å². The molecule has 2 aliphatic heterocycles. The number of ether oxygens (including phenoxy) is 2. The van der Waals surface area contributed by atoms with E-state index in [1.54, 1.807) is 29.3 Å². The molecule has 3 aliphatic rings. The van der Waals surface area contributed by atoms with E-state index in [1.807, 2.05) is 57.2 Å². The van der Waals surface area contributed by atoms with Gasteiger partial charge in [-0.2, -0.15) is 0 Å². The third kappa shape index (κ3) is 12.1. The van der Waals surface area contributed by atoms with E-state index in [0.29, 0.717) is 59.4 Å². The Kier molecular flexibility index (Phi) is 15.4. The van der Waals surface area contributed by atoms with Gasteiger partial charge in [0.15, 0.2) is 5.82 Å². The Morgan fingerprint density at radius 1 is 0.972 bits per heavy atom. The quantitative estimate of drug-likeness (QED) is 0.0913. The van der Waals surface area contributed by atoms with Crippen LogP contribution in [0.3, 0.4) is 0 Å². The first kappa shape index (κ1) is 49.8. The number of hydrogen-bond donors (Lipinski definition) is 5. The lowest BCUT2D eigenvalue weighted by molar-refractivity contribution is -0.133. The molecular weight excluding hydrogens is 911 g/mol. The Morgan fingerprint density at radius 3 is 2.54 bits per heavy atom. The van der Waals surface area contributed by atoms with E-state index in [4.69, 9.17) is 24.7 Å². The van der Waals surface area contributed by atoms with Gasteiger partial charge in [-0.15, -0.1) is 0 Å². The molecule has 3 aromatic heterocycles. The first-order valence-electron chi connectivity index (χ1n) is 24.1. The number of carbonyl (C=O) groups excluding carboxylic acids is 6. The minimum absolute atomic E-state index is 0.0116. The predicted octanol–water partition coefficient (Wildman–Crippen LogP) is 5.51. The Balaban J connectivity index is 0.903. The first-order chi connectivity index (χ1) is 34.1. The number of aromatic nitrogens is 4. The third-order valence-electron chi connectivity index (χ3n) is 12.8. The van der Waals surface area contributed by atoms with E-state index in [0.717, 1.165) is 41.9 Å². The van der Waals surface area contributed by atoms with Crippen LogP contribution in [-0.2, 0) is 35.8 Å². The van der Waals surface area contributed by atoms with E-state index in [9.17, 15) is 28.8 Å². The van der Waals surface area contributed by atoms with E-state index < -0.39 is 11.9 Å². The molecule has 374 valence electrons. The lowest BCUT2D eigenvalue weighted by atomic mass is 9.85. The molecular formula is C51H61N11O9. The summed E-state index contributed by atoms with van der Waals surface area (Å²) in [6, 6.07) is 13.4. The minimum atomic E-state index is -0.595. The highest BCUT2D eigenvalue weighted by atomic mass is 16.5. The third-order valence-corrected chi connectivity index (χ3v) is 12.8. The van der Waals surface area contributed by atoms with E-state index in [2.05, 4.69) is 35.8 Å². The highest BCUT2D eigenvalue weighted by Gasteiger charge is 2.31. The van der Waals surface area contributed by atoms with Crippen LogP contribution in [0.15, 0.2) is 65.3 Å². The second-order valence-corrected chi connectivity index (χ2v) is 19.0. The SMILES string of the molecule is COc1ccc(C(=O)NCCOCCC(=O)N2CC/C=C/c3cnc(N)c4c(-c5ccc(CC(=O)Nc6cc(C(C)(C)C)on6)cc5)nc(n34)[C@@H]3CCC[C@H](C3)NC(=O)CC2)cc1N1CCC(=O)NC1=O. The number of benzene rings is 2. The number of fused-ring (bicyclic) bond motifs is 3. The van der Waals surface area contributed by atoms with Crippen LogP contribution in [0.5, 0.6) is 5.75 Å². The smallest absolute Gasteiger partial charge is 0.328 e. The normalized spacial score (nSPS) is 18.2. The number of imide groups is 1. The standard InChI is InChI=1S/C51H61N11O9/c1-51(2,3)39-29-40(59-71-39)56-43(65)26-31-11-13-32(14-12-31)45-46-47(52)54-30-36-10-5-6-21-60(22-17-41(63)55-35-9-7-8-33(27-35)48(58-45)62(36)46)44(66)19-24-70-25-20-53-49(67)34-15-16-38(69-4)37(28-34)61-23-18-42(64)57-50(61)68/h5,10-16,28-30,33,35H,6-9,17-27H2,1-4H3,(H2,52,54)(H,53,67)(H,55,63)(H,56,59,65)(H,57,64,68)/b10-5+/t33-,35-/m1/s1. The summed E-state index contributed by atoms with van der Waals surface area (Å²) >= 11 is 0. The van der Waals surface area contributed by atoms with Crippen molar-refractivity contribution in [3.05, 3.63) is 89.2 Å². The van der Waals surface area contributed by atoms with Gasteiger partial charge < -0.3 is 40.6 Å². The molecule has 71 heavy (non-hydrogen) atoms. The van der Waals surface area contributed by atoms with Crippen molar-refractivity contribution in [2.45, 2.75) is 95.9 Å². The number of methoxy groups -OCH3 is 1. The van der Waals surface area contributed by atoms with Gasteiger partial charge in [0.1, 0.15) is 34.4 Å². The zero-order chi connectivity index (χ0) is 50.2. The van der Waals surface area contributed by atoms with Crippen LogP contribution in [-0.4, -0.2) is 113 Å². The number of urea groups is 1. The van der Waals surface area contributed by atoms with Gasteiger partial charge in [-0.05, 0) is 55.5 Å². The van der Waals surface area contributed by atoms with Gasteiger partial charge in [0.25, 0.3) is 5.91 Å². The number of nitrogens with two attached hydrogens (primary N) is 1. The van der Waals surface area contributed by atoms with Gasteiger partial charge >= 0.3 is 6.03 Å². The number of carbonyl (C=O) groups is 6. The lowest BCUT2D eigenvalue weighted by Crippen LogP contribution is -2.49. The van der Waals surface area contributed by atoms with Crippen LogP contribution < -0.4 is 36.6 Å². The average molecular weight is 972 g/mol. The van der Waals surface area contributed by atoms with Crippen molar-refractivity contribution in [3.63, 3.8) is 0 Å². The molecule has 6 N–H and O–H groups in total. The molecule has 0 spiro atoms. The zero-order valence-electron chi connectivity index (χ0n) is 40.5. The van der Waals surface area contributed by atoms with Crippen molar-refractivity contribution >= 4 is 64.5 Å². The maximum atomic E-state index is 13.6. The molecule has 1 aliphatic carbocycles. The molecule has 2 atom stereocenters. The molecule has 0 unspecified atom stereocenters. The second kappa shape index (κ2) is 22.0. The van der Waals surface area contributed by atoms with Crippen molar-refractivity contribution in [3.8, 4) is 17.0 Å². The predicted molar refractivity (Wildman–Crippen MR) is 265 cm³/mol. The Bertz CT molecular complexity index is 2830. The number of imidazole rings is 1. The molecule has 8 rings (SSSR count). The number of anilines is 3. The van der Waals surface area contributed by atoms with Crippen LogP contribution in [0.25, 0.3) is 22.9 Å². The fourth-order valence-electron chi connectivity index (χ4n) is 9.10. The number of nitrogen functional groups attached to an aromatic ring is 1. The molecule has 1 saturated heterocycles. The van der Waals surface area contributed by atoms with Crippen LogP contribution >= 0.6 is 0 Å². The number of hydrogen-bond acceptors (Lipinski definition) is 13. The second-order valence-electron chi connectivity index (χ2n) is 19.0. The maximum Gasteiger partial charge on any atom is 0.328 e. The highest BCUT2D eigenvalue weighted by Crippen LogP contribution is 2.38. The fraction of sp³-hybridized carbons (Fsp3) is 0.431. The summed E-state index contributed by atoms with van der Waals surface area (Å²) in [7, 11) is 1.45. The van der Waals surface area contributed by atoms with Crippen molar-refractivity contribution in [1.82, 2.24) is 40.4 Å². The summed E-state index contributed by atoms with van der Waals surface area (Å²) in [5.74, 6) is 1.29. The largest absolute Gasteiger partial charge is 0.495 e. The summed E-state index contributed by atoms with van der Waals surface area (Å²) in [5, 5.41) is 15.1. The average Bonchev–Trinajstić information content (AvgIpc) is 3.99. The molecule has 20 heteroatoms. The first-order valence-corrected chi connectivity index (χ1v) is 24.1. The molecule has 5 aromatic rings. The molecule has 1 saturated carbocycles. The number of nitrogens with zero attached hydrogens (tertiary/aromatic N) is 6. The van der Waals surface area contributed by atoms with Crippen LogP contribution in [0.2, 0.25) is 0 Å². The highest BCUT2D eigenvalue weighted by molar-refractivity contribution is 6.07. The molecule has 0 radical (unpaired) electrons. The monoisotopic (exact) mass is 971 g/mol. The Hall–Kier alpha value is -7.61. The molecule has 5 heterocycles. The molecule has 20 nitrogen and oxygen atoms in total. The van der Waals surface area contributed by atoms with Crippen molar-refractivity contribution in [2.24, 2.45) is 0 Å². The maximum absolute atomic E-state index is 13.6. The summed E-state index contributed by atoms with van der Waals surface area (Å²) in [5.41, 5.74) is 10.8. The van der Waals surface area contributed by atoms with Gasteiger partial charge in [-0.1, -0.05) is 62.7 Å². The Labute approximate surface area is 411 Å². The van der Waals surface area contributed by atoms with Crippen LogP contribution in [0.1, 0.15) is 111 Å². The summed E-state index contributed by atoms with van der Waals surface area (Å²) in [6.45, 7) is 7.18. The van der Waals surface area contributed by atoms with E-state index in [1.165, 1.54) is 18.1 Å². The van der Waals surface area contributed by atoms with E-state index >= 15 is 0 Å². The van der Waals surface area contributed by atoms with Crippen molar-refractivity contribution in [1.29, 1.82) is 0 Å². The van der Waals surface area contributed by atoms with Crippen molar-refractivity contribution < 1.29 is 42.8 Å². The van der Waals surface area contributed by atoms with Gasteiger partial charge in [0.2, 0.25) is 23.6 Å². The van der Waals surface area contributed by atoms with Gasteiger partial charge in [0, 0.05) is 73.6 Å². The number of amides is 7. The van der Waals surface area contributed by atoms with Crippen LogP contribution in [0.4, 0.5) is 22.1 Å². The number of rotatable bonds is 13. The summed E-state index contributed by atoms with van der Waals surface area (Å²) in [4.78, 5) is 90.1.